The number of aromatic amines is 1. The lowest BCUT2D eigenvalue weighted by atomic mass is 10.2. The molecule has 0 radical (unpaired) electrons. The van der Waals surface area contributed by atoms with E-state index >= 15 is 0 Å². The quantitative estimate of drug-likeness (QED) is 0.690. The van der Waals surface area contributed by atoms with Gasteiger partial charge in [-0.05, 0) is 49.2 Å². The van der Waals surface area contributed by atoms with E-state index in [1.165, 1.54) is 0 Å². The maximum absolute atomic E-state index is 12.3. The van der Waals surface area contributed by atoms with Gasteiger partial charge in [0.05, 0.1) is 11.0 Å². The number of imidazole rings is 1. The normalized spacial score (nSPS) is 13.7. The van der Waals surface area contributed by atoms with Crippen LogP contribution in [0.15, 0.2) is 48.5 Å². The van der Waals surface area contributed by atoms with Crippen molar-refractivity contribution in [1.82, 2.24) is 9.97 Å². The topological polar surface area (TPSA) is 86.9 Å². The highest BCUT2D eigenvalue weighted by atomic mass is 16.2. The predicted molar refractivity (Wildman–Crippen MR) is 91.8 cm³/mol. The molecule has 0 unspecified atom stereocenters. The van der Waals surface area contributed by atoms with Crippen LogP contribution in [0, 0.1) is 5.92 Å². The van der Waals surface area contributed by atoms with Crippen LogP contribution < -0.4 is 10.6 Å². The first-order chi connectivity index (χ1) is 11.7. The van der Waals surface area contributed by atoms with Gasteiger partial charge in [0.1, 0.15) is 0 Å². The zero-order chi connectivity index (χ0) is 16.5. The molecule has 24 heavy (non-hydrogen) atoms. The molecule has 1 aromatic heterocycles. The standard InChI is InChI=1S/C18H16N4O2/c23-16(11-5-6-11)19-13-9-7-12(8-10-13)17(24)22-18-20-14-3-1-2-4-15(14)21-18/h1-4,7-11H,5-6H2,(H,19,23)(H2,20,21,22,24). The van der Waals surface area contributed by atoms with E-state index in [0.717, 1.165) is 23.9 Å². The van der Waals surface area contributed by atoms with E-state index in [1.807, 2.05) is 24.3 Å². The fraction of sp³-hybridized carbons (Fsp3) is 0.167. The highest BCUT2D eigenvalue weighted by Gasteiger charge is 2.29. The molecule has 4 rings (SSSR count). The Morgan fingerprint density at radius 1 is 1.00 bits per heavy atom. The zero-order valence-electron chi connectivity index (χ0n) is 12.9. The number of rotatable bonds is 4. The van der Waals surface area contributed by atoms with Crippen molar-refractivity contribution in [2.75, 3.05) is 10.6 Å². The fourth-order valence-electron chi connectivity index (χ4n) is 2.49. The Morgan fingerprint density at radius 3 is 2.46 bits per heavy atom. The number of hydrogen-bond acceptors (Lipinski definition) is 3. The number of amides is 2. The molecule has 3 N–H and O–H groups in total. The zero-order valence-corrected chi connectivity index (χ0v) is 12.9. The Morgan fingerprint density at radius 2 is 1.75 bits per heavy atom. The minimum Gasteiger partial charge on any atom is -0.326 e. The van der Waals surface area contributed by atoms with E-state index in [4.69, 9.17) is 0 Å². The lowest BCUT2D eigenvalue weighted by molar-refractivity contribution is -0.117. The number of fused-ring (bicyclic) bond motifs is 1. The van der Waals surface area contributed by atoms with E-state index in [2.05, 4.69) is 20.6 Å². The average Bonchev–Trinajstić information content (AvgIpc) is 3.36. The van der Waals surface area contributed by atoms with Crippen LogP contribution in [0.2, 0.25) is 0 Å². The molecule has 1 aliphatic carbocycles. The molecular weight excluding hydrogens is 304 g/mol. The predicted octanol–water partition coefficient (Wildman–Crippen LogP) is 3.16. The number of nitrogens with one attached hydrogen (secondary N) is 3. The molecule has 6 heteroatoms. The van der Waals surface area contributed by atoms with Gasteiger partial charge in [0.15, 0.2) is 0 Å². The first-order valence-corrected chi connectivity index (χ1v) is 7.86. The second-order valence-electron chi connectivity index (χ2n) is 5.90. The van der Waals surface area contributed by atoms with Crippen LogP contribution in [0.5, 0.6) is 0 Å². The number of aromatic nitrogens is 2. The number of benzene rings is 2. The van der Waals surface area contributed by atoms with Crippen LogP contribution in [-0.2, 0) is 4.79 Å². The van der Waals surface area contributed by atoms with E-state index < -0.39 is 0 Å². The van der Waals surface area contributed by atoms with E-state index in [9.17, 15) is 9.59 Å². The molecule has 2 amide bonds. The molecule has 0 aliphatic heterocycles. The number of nitrogens with zero attached hydrogens (tertiary/aromatic N) is 1. The molecule has 2 aromatic carbocycles. The third-order valence-corrected chi connectivity index (χ3v) is 3.98. The lowest BCUT2D eigenvalue weighted by Crippen LogP contribution is -2.15. The van der Waals surface area contributed by atoms with Crippen LogP contribution in [-0.4, -0.2) is 21.8 Å². The van der Waals surface area contributed by atoms with Crippen molar-refractivity contribution in [3.05, 3.63) is 54.1 Å². The van der Waals surface area contributed by atoms with Gasteiger partial charge in [-0.25, -0.2) is 4.98 Å². The summed E-state index contributed by atoms with van der Waals surface area (Å²) >= 11 is 0. The van der Waals surface area contributed by atoms with Gasteiger partial charge >= 0.3 is 0 Å². The summed E-state index contributed by atoms with van der Waals surface area (Å²) in [5.41, 5.74) is 2.86. The second-order valence-corrected chi connectivity index (χ2v) is 5.90. The Balaban J connectivity index is 1.44. The van der Waals surface area contributed by atoms with Crippen molar-refractivity contribution < 1.29 is 9.59 Å². The lowest BCUT2D eigenvalue weighted by Gasteiger charge is -2.06. The summed E-state index contributed by atoms with van der Waals surface area (Å²) in [6.45, 7) is 0. The number of carbonyl (C=O) groups excluding carboxylic acids is 2. The summed E-state index contributed by atoms with van der Waals surface area (Å²) in [7, 11) is 0. The average molecular weight is 320 g/mol. The number of hydrogen-bond donors (Lipinski definition) is 3. The smallest absolute Gasteiger partial charge is 0.257 e. The molecule has 0 saturated heterocycles. The molecular formula is C18H16N4O2. The van der Waals surface area contributed by atoms with Crippen molar-refractivity contribution in [1.29, 1.82) is 0 Å². The molecule has 1 heterocycles. The number of para-hydroxylation sites is 2. The van der Waals surface area contributed by atoms with E-state index in [1.54, 1.807) is 24.3 Å². The Hall–Kier alpha value is -3.15. The first kappa shape index (κ1) is 14.4. The number of carbonyl (C=O) groups is 2. The van der Waals surface area contributed by atoms with Gasteiger partial charge in [0.2, 0.25) is 11.9 Å². The number of H-pyrrole nitrogens is 1. The summed E-state index contributed by atoms with van der Waals surface area (Å²) in [5.74, 6) is 0.358. The van der Waals surface area contributed by atoms with Gasteiger partial charge in [-0.2, -0.15) is 0 Å². The summed E-state index contributed by atoms with van der Waals surface area (Å²) in [5, 5.41) is 5.59. The summed E-state index contributed by atoms with van der Waals surface area (Å²) in [6, 6.07) is 14.4. The van der Waals surface area contributed by atoms with Crippen molar-refractivity contribution in [3.8, 4) is 0 Å². The molecule has 120 valence electrons. The molecule has 6 nitrogen and oxygen atoms in total. The summed E-state index contributed by atoms with van der Waals surface area (Å²) in [6.07, 6.45) is 1.92. The maximum atomic E-state index is 12.3. The SMILES string of the molecule is O=C(Nc1nc2ccccc2[nH]1)c1ccc(NC(=O)C2CC2)cc1. The molecule has 3 aromatic rings. The Bertz CT molecular complexity index is 877. The minimum absolute atomic E-state index is 0.0504. The number of anilines is 2. The van der Waals surface area contributed by atoms with Crippen LogP contribution in [0.25, 0.3) is 11.0 Å². The van der Waals surface area contributed by atoms with E-state index in [0.29, 0.717) is 17.2 Å². The van der Waals surface area contributed by atoms with Gasteiger partial charge in [-0.1, -0.05) is 12.1 Å². The highest BCUT2D eigenvalue weighted by molar-refractivity contribution is 6.04. The van der Waals surface area contributed by atoms with Gasteiger partial charge in [-0.3, -0.25) is 14.9 Å². The molecule has 0 spiro atoms. The van der Waals surface area contributed by atoms with Crippen molar-refractivity contribution in [3.63, 3.8) is 0 Å². The van der Waals surface area contributed by atoms with Gasteiger partial charge in [0.25, 0.3) is 5.91 Å². The van der Waals surface area contributed by atoms with Crippen molar-refractivity contribution in [2.24, 2.45) is 5.92 Å². The van der Waals surface area contributed by atoms with Crippen molar-refractivity contribution in [2.45, 2.75) is 12.8 Å². The van der Waals surface area contributed by atoms with Crippen LogP contribution >= 0.6 is 0 Å². The second kappa shape index (κ2) is 5.81. The molecule has 1 aliphatic rings. The van der Waals surface area contributed by atoms with E-state index in [-0.39, 0.29) is 17.7 Å². The third-order valence-electron chi connectivity index (χ3n) is 3.98. The molecule has 1 fully saturated rings. The highest BCUT2D eigenvalue weighted by Crippen LogP contribution is 2.30. The van der Waals surface area contributed by atoms with Crippen molar-refractivity contribution >= 4 is 34.5 Å². The molecule has 1 saturated carbocycles. The maximum Gasteiger partial charge on any atom is 0.257 e. The first-order valence-electron chi connectivity index (χ1n) is 7.86. The van der Waals surface area contributed by atoms with Gasteiger partial charge in [-0.15, -0.1) is 0 Å². The minimum atomic E-state index is -0.255. The Kier molecular flexibility index (Phi) is 3.49. The largest absolute Gasteiger partial charge is 0.326 e. The molecule has 0 bridgehead atoms. The Labute approximate surface area is 138 Å². The monoisotopic (exact) mass is 320 g/mol. The summed E-state index contributed by atoms with van der Waals surface area (Å²) < 4.78 is 0. The van der Waals surface area contributed by atoms with Crippen LogP contribution in [0.4, 0.5) is 11.6 Å². The van der Waals surface area contributed by atoms with Crippen LogP contribution in [0.1, 0.15) is 23.2 Å². The molecule has 0 atom stereocenters. The third kappa shape index (κ3) is 2.99. The van der Waals surface area contributed by atoms with Crippen LogP contribution in [0.3, 0.4) is 0 Å². The summed E-state index contributed by atoms with van der Waals surface area (Å²) in [4.78, 5) is 31.4. The fourth-order valence-corrected chi connectivity index (χ4v) is 2.49. The van der Waals surface area contributed by atoms with Gasteiger partial charge < -0.3 is 10.3 Å². The van der Waals surface area contributed by atoms with Gasteiger partial charge in [0, 0.05) is 17.2 Å².